The van der Waals surface area contributed by atoms with Crippen LogP contribution in [0.5, 0.6) is 5.75 Å². The fraction of sp³-hybridized carbons (Fsp3) is 0.333. The predicted octanol–water partition coefficient (Wildman–Crippen LogP) is 5.77. The summed E-state index contributed by atoms with van der Waals surface area (Å²) in [5.74, 6) is -0.144. The molecule has 2 heterocycles. The molecule has 1 aliphatic rings. The van der Waals surface area contributed by atoms with Gasteiger partial charge >= 0.3 is 0 Å². The highest BCUT2D eigenvalue weighted by atomic mass is 35.5. The lowest BCUT2D eigenvalue weighted by atomic mass is 10.00. The van der Waals surface area contributed by atoms with Crippen molar-refractivity contribution in [3.63, 3.8) is 0 Å². The number of nitrogens with one attached hydrogen (secondary N) is 2. The quantitative estimate of drug-likeness (QED) is 0.280. The molecule has 1 aromatic carbocycles. The zero-order valence-electron chi connectivity index (χ0n) is 21.0. The fourth-order valence-electron chi connectivity index (χ4n) is 3.87. The number of ether oxygens (including phenoxy) is 1. The minimum absolute atomic E-state index is 0.0402. The van der Waals surface area contributed by atoms with E-state index in [0.717, 1.165) is 6.08 Å². The van der Waals surface area contributed by atoms with E-state index in [1.54, 1.807) is 50.4 Å². The molecule has 2 aromatic heterocycles. The average molecular weight is 544 g/mol. The van der Waals surface area contributed by atoms with Gasteiger partial charge in [-0.15, -0.1) is 10.2 Å². The highest BCUT2D eigenvalue weighted by Crippen LogP contribution is 2.32. The number of rotatable bonds is 10. The number of pyridine rings is 1. The van der Waals surface area contributed by atoms with Crippen molar-refractivity contribution in [1.82, 2.24) is 20.2 Å². The zero-order chi connectivity index (χ0) is 27.3. The third kappa shape index (κ3) is 7.45. The Bertz CT molecular complexity index is 1370. The van der Waals surface area contributed by atoms with Gasteiger partial charge in [0.2, 0.25) is 5.82 Å². The normalized spacial score (nSPS) is 15.6. The highest BCUT2D eigenvalue weighted by Gasteiger charge is 2.20. The number of hydrogen-bond donors (Lipinski definition) is 3. The molecule has 4 rings (SSSR count). The second-order valence-corrected chi connectivity index (χ2v) is 10.0. The van der Waals surface area contributed by atoms with E-state index in [0.29, 0.717) is 52.7 Å². The molecular formula is C27H28ClF2N5O3. The van der Waals surface area contributed by atoms with Gasteiger partial charge in [0.25, 0.3) is 5.91 Å². The van der Waals surface area contributed by atoms with Gasteiger partial charge in [-0.05, 0) is 68.7 Å². The Labute approximate surface area is 223 Å². The van der Waals surface area contributed by atoms with Crippen molar-refractivity contribution < 1.29 is 23.4 Å². The maximum absolute atomic E-state index is 13.6. The summed E-state index contributed by atoms with van der Waals surface area (Å²) >= 11 is 6.43. The number of benzene rings is 1. The Hall–Kier alpha value is -3.63. The van der Waals surface area contributed by atoms with Crippen LogP contribution in [-0.2, 0) is 6.42 Å². The Kier molecular flexibility index (Phi) is 8.53. The number of nitrogens with zero attached hydrogens (tertiary/aromatic N) is 3. The molecule has 200 valence electrons. The van der Waals surface area contributed by atoms with Crippen molar-refractivity contribution in [2.45, 2.75) is 51.3 Å². The number of halogens is 3. The van der Waals surface area contributed by atoms with Crippen molar-refractivity contribution in [1.29, 1.82) is 0 Å². The Morgan fingerprint density at radius 2 is 2.08 bits per heavy atom. The van der Waals surface area contributed by atoms with Crippen LogP contribution in [0.1, 0.15) is 49.6 Å². The summed E-state index contributed by atoms with van der Waals surface area (Å²) in [7, 11) is 0. The van der Waals surface area contributed by atoms with Crippen molar-refractivity contribution in [3.05, 3.63) is 76.8 Å². The highest BCUT2D eigenvalue weighted by molar-refractivity contribution is 6.33. The van der Waals surface area contributed by atoms with Crippen molar-refractivity contribution in [2.75, 3.05) is 11.9 Å². The lowest BCUT2D eigenvalue weighted by Gasteiger charge is -2.17. The summed E-state index contributed by atoms with van der Waals surface area (Å²) in [6.07, 6.45) is 3.92. The molecule has 0 bridgehead atoms. The molecule has 0 aliphatic heterocycles. The van der Waals surface area contributed by atoms with Crippen LogP contribution in [0.2, 0.25) is 5.02 Å². The minimum atomic E-state index is -1.67. The Balaban J connectivity index is 1.40. The largest absolute Gasteiger partial charge is 0.494 e. The molecule has 11 heteroatoms. The molecule has 1 aliphatic carbocycles. The van der Waals surface area contributed by atoms with Crippen molar-refractivity contribution in [3.8, 4) is 16.9 Å². The number of hydrogen-bond acceptors (Lipinski definition) is 6. The number of alkyl halides is 1. The molecule has 3 N–H and O–H groups in total. The van der Waals surface area contributed by atoms with Crippen LogP contribution in [0.4, 0.5) is 14.6 Å². The van der Waals surface area contributed by atoms with Gasteiger partial charge in [0.05, 0.1) is 12.2 Å². The van der Waals surface area contributed by atoms with Crippen LogP contribution >= 0.6 is 11.6 Å². The summed E-state index contributed by atoms with van der Waals surface area (Å²) in [6, 6.07) is 8.73. The number of H-pyrrole nitrogens is 1. The summed E-state index contributed by atoms with van der Waals surface area (Å²) in [5, 5.41) is 20.8. The van der Waals surface area contributed by atoms with Gasteiger partial charge in [-0.2, -0.15) is 0 Å². The molecule has 0 radical (unpaired) electrons. The molecule has 0 fully saturated rings. The first-order valence-corrected chi connectivity index (χ1v) is 12.5. The minimum Gasteiger partial charge on any atom is -0.494 e. The monoisotopic (exact) mass is 543 g/mol. The van der Waals surface area contributed by atoms with E-state index in [2.05, 4.69) is 25.5 Å². The molecule has 0 saturated carbocycles. The number of allylic oxidation sites excluding steroid dienone is 4. The fourth-order valence-corrected chi connectivity index (χ4v) is 4.10. The SMILES string of the molecule is CC(C)(O)CCCOc1ccc(Cl)c(-c2ccnc(NC(=O)c3nnc(CC4=CC=C(F)C(F)C4)[nH]3)c2)c1. The number of anilines is 1. The lowest BCUT2D eigenvalue weighted by Crippen LogP contribution is -2.19. The second kappa shape index (κ2) is 11.8. The molecule has 0 saturated heterocycles. The second-order valence-electron chi connectivity index (χ2n) is 9.64. The molecule has 38 heavy (non-hydrogen) atoms. The third-order valence-corrected chi connectivity index (χ3v) is 6.14. The van der Waals surface area contributed by atoms with E-state index in [1.165, 1.54) is 6.08 Å². The van der Waals surface area contributed by atoms with Crippen LogP contribution in [-0.4, -0.2) is 49.6 Å². The van der Waals surface area contributed by atoms with E-state index in [-0.39, 0.29) is 24.5 Å². The van der Waals surface area contributed by atoms with Gasteiger partial charge < -0.3 is 20.1 Å². The summed E-state index contributed by atoms with van der Waals surface area (Å²) in [6.45, 7) is 3.96. The summed E-state index contributed by atoms with van der Waals surface area (Å²) in [5.41, 5.74) is 1.30. The van der Waals surface area contributed by atoms with E-state index in [9.17, 15) is 18.7 Å². The zero-order valence-corrected chi connectivity index (χ0v) is 21.7. The van der Waals surface area contributed by atoms with Crippen molar-refractivity contribution in [2.24, 2.45) is 0 Å². The number of aromatic nitrogens is 4. The molecule has 8 nitrogen and oxygen atoms in total. The predicted molar refractivity (Wildman–Crippen MR) is 141 cm³/mol. The van der Waals surface area contributed by atoms with Gasteiger partial charge in [0.15, 0.2) is 6.17 Å². The van der Waals surface area contributed by atoms with Crippen LogP contribution in [0.25, 0.3) is 11.1 Å². The first kappa shape index (κ1) is 27.4. The first-order valence-electron chi connectivity index (χ1n) is 12.1. The number of amides is 1. The molecule has 1 amide bonds. The lowest BCUT2D eigenvalue weighted by molar-refractivity contribution is 0.0641. The van der Waals surface area contributed by atoms with Gasteiger partial charge in [0, 0.05) is 29.6 Å². The topological polar surface area (TPSA) is 113 Å². The molecule has 1 atom stereocenters. The van der Waals surface area contributed by atoms with E-state index in [1.807, 2.05) is 0 Å². The third-order valence-electron chi connectivity index (χ3n) is 5.81. The van der Waals surface area contributed by atoms with E-state index >= 15 is 0 Å². The number of carbonyl (C=O) groups is 1. The summed E-state index contributed by atoms with van der Waals surface area (Å²) < 4.78 is 32.6. The Morgan fingerprint density at radius 1 is 1.26 bits per heavy atom. The van der Waals surface area contributed by atoms with E-state index in [4.69, 9.17) is 16.3 Å². The molecular weight excluding hydrogens is 516 g/mol. The number of aliphatic hydroxyl groups is 1. The van der Waals surface area contributed by atoms with Crippen LogP contribution in [0.15, 0.2) is 60.1 Å². The molecule has 1 unspecified atom stereocenters. The number of carbonyl (C=O) groups excluding carboxylic acids is 1. The molecule has 3 aromatic rings. The van der Waals surface area contributed by atoms with Crippen LogP contribution < -0.4 is 10.1 Å². The number of aromatic amines is 1. The summed E-state index contributed by atoms with van der Waals surface area (Å²) in [4.78, 5) is 19.7. The van der Waals surface area contributed by atoms with Gasteiger partial charge in [-0.1, -0.05) is 23.3 Å². The van der Waals surface area contributed by atoms with Gasteiger partial charge in [-0.25, -0.2) is 13.8 Å². The van der Waals surface area contributed by atoms with Gasteiger partial charge in [0.1, 0.15) is 23.2 Å². The van der Waals surface area contributed by atoms with Gasteiger partial charge in [-0.3, -0.25) is 4.79 Å². The van der Waals surface area contributed by atoms with Crippen molar-refractivity contribution >= 4 is 23.3 Å². The smallest absolute Gasteiger partial charge is 0.294 e. The first-order chi connectivity index (χ1) is 18.1. The standard InChI is InChI=1S/C27H28ClF2N5O3/c1-27(2,37)9-3-11-38-18-5-6-20(28)19(15-18)17-8-10-31-23(14-17)33-26(36)25-32-24(34-35-25)13-16-4-7-21(29)22(30)12-16/h4-8,10,14-15,22,37H,3,9,11-13H2,1-2H3,(H,31,33,36)(H,32,34,35). The van der Waals surface area contributed by atoms with Crippen LogP contribution in [0.3, 0.4) is 0 Å². The van der Waals surface area contributed by atoms with E-state index < -0.39 is 23.5 Å². The maximum Gasteiger partial charge on any atom is 0.294 e. The molecule has 0 spiro atoms. The maximum atomic E-state index is 13.6. The Morgan fingerprint density at radius 3 is 2.84 bits per heavy atom. The van der Waals surface area contributed by atoms with Crippen LogP contribution in [0, 0.1) is 0 Å². The average Bonchev–Trinajstić information content (AvgIpc) is 3.33.